The van der Waals surface area contributed by atoms with Crippen LogP contribution in [0.3, 0.4) is 0 Å². The van der Waals surface area contributed by atoms with Gasteiger partial charge in [0.1, 0.15) is 24.3 Å². The van der Waals surface area contributed by atoms with E-state index in [0.717, 1.165) is 5.56 Å². The third-order valence-electron chi connectivity index (χ3n) is 6.95. The molecule has 0 unspecified atom stereocenters. The summed E-state index contributed by atoms with van der Waals surface area (Å²) in [6, 6.07) is 7.74. The van der Waals surface area contributed by atoms with Gasteiger partial charge in [0.15, 0.2) is 17.2 Å². The number of carbonyl (C=O) groups excluding carboxylic acids is 4. The number of aromatic nitrogens is 2. The number of nitrogens with zero attached hydrogens (tertiary/aromatic N) is 2. The molecule has 13 heteroatoms. The van der Waals surface area contributed by atoms with E-state index in [-0.39, 0.29) is 36.8 Å². The average Bonchev–Trinajstić information content (AvgIpc) is 3.32. The molecule has 12 nitrogen and oxygen atoms in total. The van der Waals surface area contributed by atoms with E-state index in [2.05, 4.69) is 26.1 Å². The Labute approximate surface area is 253 Å². The summed E-state index contributed by atoms with van der Waals surface area (Å²) < 4.78 is 15.5. The maximum atomic E-state index is 13.7. The number of ether oxygens (including phenoxy) is 2. The Morgan fingerprint density at radius 3 is 2.30 bits per heavy atom. The highest BCUT2D eigenvalue weighted by molar-refractivity contribution is 7.07. The molecule has 0 radical (unpaired) electrons. The molecule has 1 fully saturated rings. The third kappa shape index (κ3) is 9.02. The fourth-order valence-corrected chi connectivity index (χ4v) is 5.12. The van der Waals surface area contributed by atoms with E-state index in [4.69, 9.17) is 14.0 Å². The van der Waals surface area contributed by atoms with Crippen molar-refractivity contribution in [2.24, 2.45) is 5.92 Å². The maximum Gasteiger partial charge on any atom is 0.274 e. The molecular formula is C30H37N5O7S. The van der Waals surface area contributed by atoms with Crippen molar-refractivity contribution in [1.29, 1.82) is 0 Å². The van der Waals surface area contributed by atoms with Gasteiger partial charge in [-0.2, -0.15) is 0 Å². The molecule has 2 aromatic heterocycles. The standard InChI is InChI=1S/C30H37N5O7S/c1-18(2)10-22(26(36)30(3)16-41-30)32-27(37)23(11-19-8-6-5-7-9-19)33-28(38)24(12-20-15-43-17-31-20)34-29(39)25-13-21(14-40-4)42-35-25/h5-9,13,15,17-18,22-24H,10-12,14,16H2,1-4H3,(H,32,37)(H,33,38)(H,34,39)/t22-,23-,24-,30+/m0/s1. The fraction of sp³-hybridized carbons (Fsp3) is 0.467. The number of ketones is 1. The Bertz CT molecular complexity index is 1390. The molecule has 1 aliphatic heterocycles. The second-order valence-electron chi connectivity index (χ2n) is 11.1. The summed E-state index contributed by atoms with van der Waals surface area (Å²) in [6.45, 7) is 6.06. The second-order valence-corrected chi connectivity index (χ2v) is 11.9. The third-order valence-corrected chi connectivity index (χ3v) is 7.59. The Hall–Kier alpha value is -3.94. The van der Waals surface area contributed by atoms with Crippen molar-refractivity contribution < 1.29 is 33.2 Å². The molecule has 0 bridgehead atoms. The van der Waals surface area contributed by atoms with Gasteiger partial charge in [0, 0.05) is 31.4 Å². The maximum absolute atomic E-state index is 13.7. The Morgan fingerprint density at radius 2 is 1.70 bits per heavy atom. The van der Waals surface area contributed by atoms with E-state index < -0.39 is 41.4 Å². The Kier molecular flexibility index (Phi) is 10.8. The van der Waals surface area contributed by atoms with Crippen LogP contribution in [0.5, 0.6) is 0 Å². The summed E-state index contributed by atoms with van der Waals surface area (Å²) in [5.41, 5.74) is 2.09. The minimum absolute atomic E-state index is 0.0208. The zero-order chi connectivity index (χ0) is 31.0. The van der Waals surface area contributed by atoms with Crippen molar-refractivity contribution in [3.63, 3.8) is 0 Å². The van der Waals surface area contributed by atoms with Gasteiger partial charge in [-0.15, -0.1) is 11.3 Å². The molecule has 3 N–H and O–H groups in total. The van der Waals surface area contributed by atoms with Crippen molar-refractivity contribution in [3.05, 3.63) is 70.0 Å². The van der Waals surface area contributed by atoms with Gasteiger partial charge in [0.05, 0.1) is 23.9 Å². The predicted molar refractivity (Wildman–Crippen MR) is 157 cm³/mol. The number of epoxide rings is 1. The number of hydrogen-bond donors (Lipinski definition) is 3. The molecule has 230 valence electrons. The molecule has 0 saturated carbocycles. The van der Waals surface area contributed by atoms with Gasteiger partial charge in [-0.25, -0.2) is 4.98 Å². The van der Waals surface area contributed by atoms with Crippen LogP contribution in [0.15, 0.2) is 51.8 Å². The second kappa shape index (κ2) is 14.5. The monoisotopic (exact) mass is 611 g/mol. The quantitative estimate of drug-likeness (QED) is 0.206. The highest BCUT2D eigenvalue weighted by atomic mass is 32.1. The molecule has 43 heavy (non-hydrogen) atoms. The van der Waals surface area contributed by atoms with Crippen LogP contribution in [0.2, 0.25) is 0 Å². The smallest absolute Gasteiger partial charge is 0.274 e. The first-order valence-electron chi connectivity index (χ1n) is 14.0. The summed E-state index contributed by atoms with van der Waals surface area (Å²) in [5, 5.41) is 13.9. The summed E-state index contributed by atoms with van der Waals surface area (Å²) in [4.78, 5) is 57.9. The Balaban J connectivity index is 1.54. The van der Waals surface area contributed by atoms with Crippen molar-refractivity contribution in [2.45, 2.75) is 70.4 Å². The first kappa shape index (κ1) is 32.0. The molecular weight excluding hydrogens is 574 g/mol. The van der Waals surface area contributed by atoms with Crippen molar-refractivity contribution >= 4 is 34.8 Å². The normalized spacial score (nSPS) is 18.0. The first-order chi connectivity index (χ1) is 20.6. The van der Waals surface area contributed by atoms with Crippen LogP contribution >= 0.6 is 11.3 Å². The van der Waals surface area contributed by atoms with Crippen LogP contribution in [0.4, 0.5) is 0 Å². The number of amides is 3. The number of rotatable bonds is 16. The summed E-state index contributed by atoms with van der Waals surface area (Å²) >= 11 is 1.36. The van der Waals surface area contributed by atoms with Crippen LogP contribution in [-0.2, 0) is 43.3 Å². The molecule has 1 saturated heterocycles. The average molecular weight is 612 g/mol. The first-order valence-corrected chi connectivity index (χ1v) is 15.0. The number of nitrogens with one attached hydrogen (secondary N) is 3. The molecule has 1 aliphatic rings. The zero-order valence-corrected chi connectivity index (χ0v) is 25.4. The highest BCUT2D eigenvalue weighted by Gasteiger charge is 2.50. The van der Waals surface area contributed by atoms with Gasteiger partial charge in [-0.05, 0) is 24.8 Å². The highest BCUT2D eigenvalue weighted by Crippen LogP contribution is 2.29. The summed E-state index contributed by atoms with van der Waals surface area (Å²) in [7, 11) is 1.49. The molecule has 0 spiro atoms. The van der Waals surface area contributed by atoms with E-state index in [1.54, 1.807) is 17.8 Å². The number of thiazole rings is 1. The number of methoxy groups -OCH3 is 1. The van der Waals surface area contributed by atoms with Crippen LogP contribution in [0.25, 0.3) is 0 Å². The fourth-order valence-electron chi connectivity index (χ4n) is 4.54. The summed E-state index contributed by atoms with van der Waals surface area (Å²) in [6.07, 6.45) is 0.657. The van der Waals surface area contributed by atoms with E-state index in [0.29, 0.717) is 24.5 Å². The molecule has 4 atom stereocenters. The molecule has 3 heterocycles. The largest absolute Gasteiger partial charge is 0.377 e. The molecule has 3 amide bonds. The zero-order valence-electron chi connectivity index (χ0n) is 24.6. The molecule has 4 rings (SSSR count). The lowest BCUT2D eigenvalue weighted by Crippen LogP contribution is -2.57. The van der Waals surface area contributed by atoms with Gasteiger partial charge in [0.25, 0.3) is 5.91 Å². The van der Waals surface area contributed by atoms with Gasteiger partial charge in [-0.3, -0.25) is 19.2 Å². The van der Waals surface area contributed by atoms with Gasteiger partial charge >= 0.3 is 0 Å². The lowest BCUT2D eigenvalue weighted by atomic mass is 9.93. The Morgan fingerprint density at radius 1 is 1.02 bits per heavy atom. The van der Waals surface area contributed by atoms with Gasteiger partial charge in [-0.1, -0.05) is 49.3 Å². The number of benzene rings is 1. The van der Waals surface area contributed by atoms with Crippen LogP contribution in [-0.4, -0.2) is 71.1 Å². The molecule has 0 aliphatic carbocycles. The van der Waals surface area contributed by atoms with Crippen molar-refractivity contribution in [2.75, 3.05) is 13.7 Å². The van der Waals surface area contributed by atoms with E-state index in [1.807, 2.05) is 44.2 Å². The number of carbonyl (C=O) groups is 4. The van der Waals surface area contributed by atoms with Crippen LogP contribution in [0, 0.1) is 5.92 Å². The minimum Gasteiger partial charge on any atom is -0.377 e. The van der Waals surface area contributed by atoms with Crippen molar-refractivity contribution in [1.82, 2.24) is 26.1 Å². The predicted octanol–water partition coefficient (Wildman–Crippen LogP) is 2.24. The van der Waals surface area contributed by atoms with Crippen LogP contribution in [0.1, 0.15) is 54.7 Å². The number of Topliss-reactive ketones (excluding diaryl/α,β-unsaturated/α-hetero) is 1. The topological polar surface area (TPSA) is 165 Å². The SMILES string of the molecule is COCc1cc(C(=O)N[C@@H](Cc2cscn2)C(=O)N[C@@H](Cc2ccccc2)C(=O)N[C@@H](CC(C)C)C(=O)[C@@]2(C)CO2)no1. The van der Waals surface area contributed by atoms with Crippen LogP contribution < -0.4 is 16.0 Å². The lowest BCUT2D eigenvalue weighted by molar-refractivity contribution is -0.133. The molecule has 1 aromatic carbocycles. The summed E-state index contributed by atoms with van der Waals surface area (Å²) in [5.74, 6) is -1.47. The van der Waals surface area contributed by atoms with Gasteiger partial charge in [0.2, 0.25) is 11.8 Å². The number of hydrogen-bond acceptors (Lipinski definition) is 10. The van der Waals surface area contributed by atoms with E-state index >= 15 is 0 Å². The lowest BCUT2D eigenvalue weighted by Gasteiger charge is -2.26. The van der Waals surface area contributed by atoms with Gasteiger partial charge < -0.3 is 29.9 Å². The molecule has 3 aromatic rings. The van der Waals surface area contributed by atoms with Crippen molar-refractivity contribution in [3.8, 4) is 0 Å². The van der Waals surface area contributed by atoms with E-state index in [1.165, 1.54) is 24.5 Å². The minimum atomic E-state index is -1.09. The van der Waals surface area contributed by atoms with E-state index in [9.17, 15) is 19.2 Å².